The molecule has 1 aliphatic rings. The van der Waals surface area contributed by atoms with E-state index in [4.69, 9.17) is 18.0 Å². The molecule has 2 rings (SSSR count). The fourth-order valence-corrected chi connectivity index (χ4v) is 3.26. The van der Waals surface area contributed by atoms with Crippen LogP contribution in [-0.2, 0) is 4.79 Å². The highest BCUT2D eigenvalue weighted by atomic mass is 32.1. The number of amides is 1. The summed E-state index contributed by atoms with van der Waals surface area (Å²) in [6.07, 6.45) is 4.70. The summed E-state index contributed by atoms with van der Waals surface area (Å²) in [5.41, 5.74) is 7.28. The first-order valence-corrected chi connectivity index (χ1v) is 8.08. The third-order valence-corrected chi connectivity index (χ3v) is 4.82. The highest BCUT2D eigenvalue weighted by Gasteiger charge is 2.42. The third kappa shape index (κ3) is 3.43. The van der Waals surface area contributed by atoms with Crippen molar-refractivity contribution in [3.8, 4) is 0 Å². The molecule has 1 fully saturated rings. The van der Waals surface area contributed by atoms with Crippen molar-refractivity contribution in [3.05, 3.63) is 29.8 Å². The SMILES string of the molecule is CC(C)c1cccc(NC(=O)C2(C(N)=S)CCCCC2)c1. The van der Waals surface area contributed by atoms with Crippen LogP contribution in [0, 0.1) is 5.41 Å². The van der Waals surface area contributed by atoms with Gasteiger partial charge in [0.15, 0.2) is 0 Å². The van der Waals surface area contributed by atoms with Gasteiger partial charge in [-0.25, -0.2) is 0 Å². The molecule has 1 amide bonds. The van der Waals surface area contributed by atoms with Gasteiger partial charge in [-0.2, -0.15) is 0 Å². The molecule has 3 nitrogen and oxygen atoms in total. The Morgan fingerprint density at radius 2 is 1.95 bits per heavy atom. The van der Waals surface area contributed by atoms with Gasteiger partial charge in [-0.3, -0.25) is 4.79 Å². The summed E-state index contributed by atoms with van der Waals surface area (Å²) in [5.74, 6) is 0.386. The van der Waals surface area contributed by atoms with E-state index in [2.05, 4.69) is 25.2 Å². The maximum atomic E-state index is 12.7. The quantitative estimate of drug-likeness (QED) is 0.827. The molecule has 0 saturated heterocycles. The van der Waals surface area contributed by atoms with E-state index < -0.39 is 5.41 Å². The monoisotopic (exact) mass is 304 g/mol. The lowest BCUT2D eigenvalue weighted by atomic mass is 9.73. The van der Waals surface area contributed by atoms with Crippen LogP contribution in [0.25, 0.3) is 0 Å². The predicted octanol–water partition coefficient (Wildman–Crippen LogP) is 3.99. The second-order valence-electron chi connectivity index (χ2n) is 6.24. The van der Waals surface area contributed by atoms with Crippen LogP contribution in [0.4, 0.5) is 5.69 Å². The maximum Gasteiger partial charge on any atom is 0.237 e. The van der Waals surface area contributed by atoms with Crippen molar-refractivity contribution in [1.82, 2.24) is 0 Å². The molecule has 0 radical (unpaired) electrons. The van der Waals surface area contributed by atoms with Crippen LogP contribution in [0.5, 0.6) is 0 Å². The number of rotatable bonds is 4. The van der Waals surface area contributed by atoms with Gasteiger partial charge in [0.2, 0.25) is 5.91 Å². The molecule has 0 heterocycles. The number of carbonyl (C=O) groups excluding carboxylic acids is 1. The number of benzene rings is 1. The topological polar surface area (TPSA) is 55.1 Å². The molecule has 0 atom stereocenters. The summed E-state index contributed by atoms with van der Waals surface area (Å²) in [6, 6.07) is 7.99. The summed E-state index contributed by atoms with van der Waals surface area (Å²) < 4.78 is 0. The molecule has 1 saturated carbocycles. The molecule has 0 unspecified atom stereocenters. The summed E-state index contributed by atoms with van der Waals surface area (Å²) >= 11 is 5.20. The number of carbonyl (C=O) groups is 1. The highest BCUT2D eigenvalue weighted by molar-refractivity contribution is 7.80. The van der Waals surface area contributed by atoms with Gasteiger partial charge in [0.25, 0.3) is 0 Å². The maximum absolute atomic E-state index is 12.7. The van der Waals surface area contributed by atoms with E-state index in [0.29, 0.717) is 10.9 Å². The minimum Gasteiger partial charge on any atom is -0.392 e. The Hall–Kier alpha value is -1.42. The van der Waals surface area contributed by atoms with Crippen LogP contribution in [0.15, 0.2) is 24.3 Å². The number of hydrogen-bond donors (Lipinski definition) is 2. The summed E-state index contributed by atoms with van der Waals surface area (Å²) in [7, 11) is 0. The van der Waals surface area contributed by atoms with Gasteiger partial charge < -0.3 is 11.1 Å². The van der Waals surface area contributed by atoms with E-state index in [9.17, 15) is 4.79 Å². The first kappa shape index (κ1) is 16.0. The lowest BCUT2D eigenvalue weighted by molar-refractivity contribution is -0.123. The number of nitrogens with two attached hydrogens (primary N) is 1. The van der Waals surface area contributed by atoms with E-state index in [1.807, 2.05) is 18.2 Å². The van der Waals surface area contributed by atoms with Gasteiger partial charge in [0.1, 0.15) is 0 Å². The molecule has 4 heteroatoms. The van der Waals surface area contributed by atoms with Crippen LogP contribution >= 0.6 is 12.2 Å². The molecule has 0 aliphatic heterocycles. The molecule has 0 aromatic heterocycles. The molecular weight excluding hydrogens is 280 g/mol. The fourth-order valence-electron chi connectivity index (χ4n) is 2.97. The lowest BCUT2D eigenvalue weighted by Crippen LogP contribution is -2.47. The van der Waals surface area contributed by atoms with E-state index in [-0.39, 0.29) is 5.91 Å². The summed E-state index contributed by atoms with van der Waals surface area (Å²) in [5, 5.41) is 3.02. The van der Waals surface area contributed by atoms with E-state index in [1.165, 1.54) is 5.56 Å². The van der Waals surface area contributed by atoms with Crippen molar-refractivity contribution >= 4 is 28.8 Å². The second kappa shape index (κ2) is 6.56. The van der Waals surface area contributed by atoms with Crippen molar-refractivity contribution in [1.29, 1.82) is 0 Å². The van der Waals surface area contributed by atoms with Crippen molar-refractivity contribution in [3.63, 3.8) is 0 Å². The molecule has 3 N–H and O–H groups in total. The van der Waals surface area contributed by atoms with E-state index in [0.717, 1.165) is 37.8 Å². The normalized spacial score (nSPS) is 17.5. The fraction of sp³-hybridized carbons (Fsp3) is 0.529. The number of hydrogen-bond acceptors (Lipinski definition) is 2. The Kier molecular flexibility index (Phi) is 4.99. The molecule has 0 bridgehead atoms. The van der Waals surface area contributed by atoms with Crippen molar-refractivity contribution < 1.29 is 4.79 Å². The summed E-state index contributed by atoms with van der Waals surface area (Å²) in [6.45, 7) is 4.27. The molecule has 1 aliphatic carbocycles. The van der Waals surface area contributed by atoms with Crippen LogP contribution in [0.1, 0.15) is 57.4 Å². The van der Waals surface area contributed by atoms with Gasteiger partial charge >= 0.3 is 0 Å². The van der Waals surface area contributed by atoms with Crippen molar-refractivity contribution in [2.24, 2.45) is 11.1 Å². The first-order chi connectivity index (χ1) is 9.95. The Bertz CT molecular complexity index is 533. The number of thiocarbonyl (C=S) groups is 1. The number of nitrogens with one attached hydrogen (secondary N) is 1. The van der Waals surface area contributed by atoms with E-state index >= 15 is 0 Å². The molecule has 21 heavy (non-hydrogen) atoms. The molecular formula is C17H24N2OS. The van der Waals surface area contributed by atoms with Gasteiger partial charge in [0, 0.05) is 5.69 Å². The zero-order valence-corrected chi connectivity index (χ0v) is 13.6. The Morgan fingerprint density at radius 1 is 1.29 bits per heavy atom. The van der Waals surface area contributed by atoms with Crippen LogP contribution in [-0.4, -0.2) is 10.9 Å². The molecule has 1 aromatic rings. The van der Waals surface area contributed by atoms with Gasteiger partial charge in [0.05, 0.1) is 10.4 Å². The van der Waals surface area contributed by atoms with Crippen molar-refractivity contribution in [2.75, 3.05) is 5.32 Å². The Labute approximate surface area is 132 Å². The largest absolute Gasteiger partial charge is 0.392 e. The van der Waals surface area contributed by atoms with Crippen LogP contribution in [0.3, 0.4) is 0 Å². The van der Waals surface area contributed by atoms with Gasteiger partial charge in [-0.05, 0) is 36.5 Å². The average Bonchev–Trinajstić information content (AvgIpc) is 2.48. The van der Waals surface area contributed by atoms with Gasteiger partial charge in [-0.15, -0.1) is 0 Å². The highest BCUT2D eigenvalue weighted by Crippen LogP contribution is 2.38. The molecule has 114 valence electrons. The third-order valence-electron chi connectivity index (χ3n) is 4.42. The Balaban J connectivity index is 2.19. The first-order valence-electron chi connectivity index (χ1n) is 7.67. The van der Waals surface area contributed by atoms with Crippen molar-refractivity contribution in [2.45, 2.75) is 51.9 Å². The molecule has 1 aromatic carbocycles. The second-order valence-corrected chi connectivity index (χ2v) is 6.68. The van der Waals surface area contributed by atoms with Gasteiger partial charge in [-0.1, -0.05) is 57.5 Å². The Morgan fingerprint density at radius 3 is 2.52 bits per heavy atom. The lowest BCUT2D eigenvalue weighted by Gasteiger charge is -2.34. The zero-order chi connectivity index (χ0) is 15.5. The predicted molar refractivity (Wildman–Crippen MR) is 91.5 cm³/mol. The van der Waals surface area contributed by atoms with E-state index in [1.54, 1.807) is 0 Å². The smallest absolute Gasteiger partial charge is 0.237 e. The minimum absolute atomic E-state index is 0.0457. The molecule has 0 spiro atoms. The number of anilines is 1. The average molecular weight is 304 g/mol. The standard InChI is InChI=1S/C17H24N2OS/c1-12(2)13-7-6-8-14(11-13)19-16(20)17(15(18)21)9-4-3-5-10-17/h6-8,11-12H,3-5,9-10H2,1-2H3,(H2,18,21)(H,19,20). The summed E-state index contributed by atoms with van der Waals surface area (Å²) in [4.78, 5) is 13.1. The van der Waals surface area contributed by atoms with Crippen LogP contribution < -0.4 is 11.1 Å². The van der Waals surface area contributed by atoms with Crippen LogP contribution in [0.2, 0.25) is 0 Å². The zero-order valence-electron chi connectivity index (χ0n) is 12.8. The minimum atomic E-state index is -0.665.